The van der Waals surface area contributed by atoms with Gasteiger partial charge in [-0.25, -0.2) is 9.59 Å². The first kappa shape index (κ1) is 33.0. The molecule has 11 nitrogen and oxygen atoms in total. The number of benzene rings is 3. The number of methoxy groups -OCH3 is 4. The monoisotopic (exact) mass is 621 g/mol. The third-order valence-corrected chi connectivity index (χ3v) is 7.03. The SMILES string of the molecule is COc1ccc(CC2COc3cc(OC)c(OC)c(OC)c3C2=O)cc1OC(=O)[C@@H](Cc1ccccc1)NC(=O)OC(C)(C)C. The number of amides is 1. The summed E-state index contributed by atoms with van der Waals surface area (Å²) in [6.45, 7) is 5.32. The normalized spacial score (nSPS) is 14.7. The van der Waals surface area contributed by atoms with Gasteiger partial charge < -0.3 is 38.5 Å². The molecule has 0 spiro atoms. The lowest BCUT2D eigenvalue weighted by atomic mass is 9.88. The van der Waals surface area contributed by atoms with Crippen molar-refractivity contribution in [3.8, 4) is 34.5 Å². The van der Waals surface area contributed by atoms with Gasteiger partial charge in [-0.2, -0.15) is 0 Å². The molecule has 4 rings (SSSR count). The lowest BCUT2D eigenvalue weighted by Gasteiger charge is -2.27. The Balaban J connectivity index is 1.57. The van der Waals surface area contributed by atoms with Crippen molar-refractivity contribution in [3.63, 3.8) is 0 Å². The van der Waals surface area contributed by atoms with Crippen LogP contribution < -0.4 is 33.7 Å². The second-order valence-electron chi connectivity index (χ2n) is 11.4. The molecule has 1 aliphatic rings. The zero-order valence-corrected chi connectivity index (χ0v) is 26.6. The van der Waals surface area contributed by atoms with Crippen LogP contribution in [0.5, 0.6) is 34.5 Å². The fourth-order valence-electron chi connectivity index (χ4n) is 4.99. The molecule has 11 heteroatoms. The molecule has 1 heterocycles. The van der Waals surface area contributed by atoms with Crippen LogP contribution in [-0.2, 0) is 22.4 Å². The Labute approximate surface area is 262 Å². The van der Waals surface area contributed by atoms with Crippen molar-refractivity contribution >= 4 is 17.8 Å². The van der Waals surface area contributed by atoms with Crippen LogP contribution in [0.25, 0.3) is 0 Å². The lowest BCUT2D eigenvalue weighted by Crippen LogP contribution is -2.46. The lowest BCUT2D eigenvalue weighted by molar-refractivity contribution is -0.136. The number of alkyl carbamates (subject to hydrolysis) is 1. The van der Waals surface area contributed by atoms with Crippen LogP contribution >= 0.6 is 0 Å². The first-order valence-electron chi connectivity index (χ1n) is 14.4. The zero-order valence-electron chi connectivity index (χ0n) is 26.6. The Morgan fingerprint density at radius 1 is 0.867 bits per heavy atom. The van der Waals surface area contributed by atoms with E-state index in [4.69, 9.17) is 33.2 Å². The number of nitrogens with one attached hydrogen (secondary N) is 1. The maximum atomic E-state index is 13.7. The number of Topliss-reactive ketones (excluding diaryl/α,β-unsaturated/α-hetero) is 1. The number of hydrogen-bond acceptors (Lipinski definition) is 10. The third kappa shape index (κ3) is 7.97. The number of carbonyl (C=O) groups excluding carboxylic acids is 3. The summed E-state index contributed by atoms with van der Waals surface area (Å²) >= 11 is 0. The topological polar surface area (TPSA) is 128 Å². The van der Waals surface area contributed by atoms with Crippen LogP contribution in [0.2, 0.25) is 0 Å². The predicted octanol–water partition coefficient (Wildman–Crippen LogP) is 5.20. The summed E-state index contributed by atoms with van der Waals surface area (Å²) in [5.74, 6) is 0.221. The highest BCUT2D eigenvalue weighted by atomic mass is 16.6. The van der Waals surface area contributed by atoms with Gasteiger partial charge in [0.25, 0.3) is 0 Å². The first-order chi connectivity index (χ1) is 21.5. The van der Waals surface area contributed by atoms with Gasteiger partial charge in [0.2, 0.25) is 5.75 Å². The Kier molecular flexibility index (Phi) is 10.4. The molecule has 1 amide bonds. The van der Waals surface area contributed by atoms with E-state index >= 15 is 0 Å². The standard InChI is InChI=1S/C34H39NO10/c1-34(2,3)45-33(38)35-23(16-20-11-9-8-10-12-20)32(37)44-25-17-21(13-14-24(25)39-4)15-22-19-43-26-18-27(40-5)30(41-6)31(42-7)28(26)29(22)36/h8-14,17-18,22-23H,15-16,19H2,1-7H3,(H,35,38)/t22?,23-/m1/s1. The number of hydrogen-bond donors (Lipinski definition) is 1. The molecule has 0 radical (unpaired) electrons. The van der Waals surface area contributed by atoms with Gasteiger partial charge in [0.1, 0.15) is 23.0 Å². The van der Waals surface area contributed by atoms with Gasteiger partial charge in [-0.3, -0.25) is 4.79 Å². The van der Waals surface area contributed by atoms with Gasteiger partial charge in [-0.05, 0) is 50.5 Å². The van der Waals surface area contributed by atoms with Crippen molar-refractivity contribution in [1.29, 1.82) is 0 Å². The molecule has 0 saturated carbocycles. The summed E-state index contributed by atoms with van der Waals surface area (Å²) in [6, 6.07) is 14.9. The smallest absolute Gasteiger partial charge is 0.408 e. The largest absolute Gasteiger partial charge is 0.493 e. The fraction of sp³-hybridized carbons (Fsp3) is 0.382. The van der Waals surface area contributed by atoms with Crippen LogP contribution in [0.3, 0.4) is 0 Å². The summed E-state index contributed by atoms with van der Waals surface area (Å²) in [5.41, 5.74) is 1.02. The van der Waals surface area contributed by atoms with E-state index in [2.05, 4.69) is 5.32 Å². The van der Waals surface area contributed by atoms with E-state index in [1.165, 1.54) is 28.4 Å². The van der Waals surface area contributed by atoms with Gasteiger partial charge in [0.05, 0.1) is 41.0 Å². The molecule has 0 aliphatic carbocycles. The Morgan fingerprint density at radius 2 is 1.56 bits per heavy atom. The van der Waals surface area contributed by atoms with Crippen LogP contribution in [0.15, 0.2) is 54.6 Å². The molecule has 0 bridgehead atoms. The molecule has 240 valence electrons. The maximum Gasteiger partial charge on any atom is 0.408 e. The van der Waals surface area contributed by atoms with Gasteiger partial charge in [0, 0.05) is 12.5 Å². The molecular formula is C34H39NO10. The number of ketones is 1. The Bertz CT molecular complexity index is 1530. The first-order valence-corrected chi connectivity index (χ1v) is 14.4. The van der Waals surface area contributed by atoms with E-state index in [-0.39, 0.29) is 42.3 Å². The average Bonchev–Trinajstić information content (AvgIpc) is 3.00. The molecule has 0 aromatic heterocycles. The summed E-state index contributed by atoms with van der Waals surface area (Å²) in [6.07, 6.45) is -0.306. The van der Waals surface area contributed by atoms with Gasteiger partial charge >= 0.3 is 12.1 Å². The highest BCUT2D eigenvalue weighted by Crippen LogP contribution is 2.47. The minimum Gasteiger partial charge on any atom is -0.493 e. The van der Waals surface area contributed by atoms with E-state index < -0.39 is 29.6 Å². The van der Waals surface area contributed by atoms with Crippen molar-refractivity contribution in [1.82, 2.24) is 5.32 Å². The van der Waals surface area contributed by atoms with Crippen LogP contribution in [0.1, 0.15) is 42.3 Å². The third-order valence-electron chi connectivity index (χ3n) is 7.03. The number of rotatable bonds is 11. The molecule has 1 unspecified atom stereocenters. The van der Waals surface area contributed by atoms with E-state index in [0.29, 0.717) is 28.6 Å². The molecule has 3 aromatic rings. The van der Waals surface area contributed by atoms with Crippen molar-refractivity contribution < 1.29 is 47.5 Å². The number of ether oxygens (including phenoxy) is 7. The molecule has 2 atom stereocenters. The Hall–Kier alpha value is -4.93. The maximum absolute atomic E-state index is 13.7. The van der Waals surface area contributed by atoms with E-state index in [1.54, 1.807) is 45.0 Å². The average molecular weight is 622 g/mol. The molecule has 1 N–H and O–H groups in total. The summed E-state index contributed by atoms with van der Waals surface area (Å²) < 4.78 is 39.0. The van der Waals surface area contributed by atoms with Crippen LogP contribution in [0.4, 0.5) is 4.79 Å². The van der Waals surface area contributed by atoms with Crippen molar-refractivity contribution in [2.24, 2.45) is 5.92 Å². The molecular weight excluding hydrogens is 582 g/mol. The van der Waals surface area contributed by atoms with Crippen molar-refractivity contribution in [3.05, 3.63) is 71.3 Å². The fourth-order valence-corrected chi connectivity index (χ4v) is 4.99. The number of carbonyl (C=O) groups is 3. The summed E-state index contributed by atoms with van der Waals surface area (Å²) in [4.78, 5) is 39.8. The minimum absolute atomic E-state index is 0.116. The summed E-state index contributed by atoms with van der Waals surface area (Å²) in [7, 11) is 5.85. The molecule has 3 aromatic carbocycles. The van der Waals surface area contributed by atoms with Crippen LogP contribution in [-0.4, -0.2) is 64.5 Å². The van der Waals surface area contributed by atoms with Gasteiger partial charge in [-0.15, -0.1) is 0 Å². The molecule has 45 heavy (non-hydrogen) atoms. The quantitative estimate of drug-likeness (QED) is 0.226. The highest BCUT2D eigenvalue weighted by molar-refractivity contribution is 6.05. The van der Waals surface area contributed by atoms with Gasteiger partial charge in [0.15, 0.2) is 28.8 Å². The van der Waals surface area contributed by atoms with E-state index in [1.807, 2.05) is 30.3 Å². The predicted molar refractivity (Wildman–Crippen MR) is 165 cm³/mol. The van der Waals surface area contributed by atoms with E-state index in [0.717, 1.165) is 5.56 Å². The van der Waals surface area contributed by atoms with Crippen molar-refractivity contribution in [2.75, 3.05) is 35.0 Å². The highest BCUT2D eigenvalue weighted by Gasteiger charge is 2.36. The second-order valence-corrected chi connectivity index (χ2v) is 11.4. The second kappa shape index (κ2) is 14.2. The number of esters is 1. The number of fused-ring (bicyclic) bond motifs is 1. The molecule has 0 saturated heterocycles. The molecule has 1 aliphatic heterocycles. The van der Waals surface area contributed by atoms with Crippen LogP contribution in [0, 0.1) is 5.92 Å². The van der Waals surface area contributed by atoms with Gasteiger partial charge in [-0.1, -0.05) is 36.4 Å². The minimum atomic E-state index is -1.06. The Morgan fingerprint density at radius 3 is 2.18 bits per heavy atom. The van der Waals surface area contributed by atoms with Crippen molar-refractivity contribution in [2.45, 2.75) is 45.3 Å². The molecule has 0 fully saturated rings. The zero-order chi connectivity index (χ0) is 32.7. The summed E-state index contributed by atoms with van der Waals surface area (Å²) in [5, 5.41) is 2.63. The van der Waals surface area contributed by atoms with E-state index in [9.17, 15) is 14.4 Å².